The molecule has 1 N–H and O–H groups in total. The zero-order valence-electron chi connectivity index (χ0n) is 9.30. The molecule has 0 spiro atoms. The Kier molecular flexibility index (Phi) is 2.78. The number of hydrogen-bond donors (Lipinski definition) is 1. The molecule has 6 heteroatoms. The molecule has 0 aliphatic carbocycles. The maximum absolute atomic E-state index is 11.0. The molecule has 0 unspecified atom stereocenters. The monoisotopic (exact) mass is 234 g/mol. The Morgan fingerprint density at radius 3 is 2.76 bits per heavy atom. The van der Waals surface area contributed by atoms with Crippen molar-refractivity contribution in [3.8, 4) is 17.1 Å². The molecule has 0 amide bonds. The third kappa shape index (κ3) is 1.96. The van der Waals surface area contributed by atoms with Crippen molar-refractivity contribution >= 4 is 5.97 Å². The molecule has 2 aromatic heterocycles. The van der Waals surface area contributed by atoms with Crippen molar-refractivity contribution in [1.82, 2.24) is 10.1 Å². The van der Waals surface area contributed by atoms with E-state index in [4.69, 9.17) is 14.4 Å². The van der Waals surface area contributed by atoms with Crippen LogP contribution in [-0.2, 0) is 0 Å². The van der Waals surface area contributed by atoms with Crippen LogP contribution in [0.4, 0.5) is 0 Å². The summed E-state index contributed by atoms with van der Waals surface area (Å²) in [5.74, 6) is -0.243. The van der Waals surface area contributed by atoms with Gasteiger partial charge in [-0.25, -0.2) is 4.79 Å². The van der Waals surface area contributed by atoms with E-state index in [-0.39, 0.29) is 17.0 Å². The smallest absolute Gasteiger partial charge is 0.341 e. The Hall–Kier alpha value is -2.37. The molecule has 88 valence electrons. The van der Waals surface area contributed by atoms with Gasteiger partial charge in [-0.3, -0.25) is 4.98 Å². The molecule has 0 bridgehead atoms. The van der Waals surface area contributed by atoms with Gasteiger partial charge in [-0.15, -0.1) is 0 Å². The van der Waals surface area contributed by atoms with Crippen LogP contribution in [0.3, 0.4) is 0 Å². The van der Waals surface area contributed by atoms with E-state index in [0.717, 1.165) is 0 Å². The van der Waals surface area contributed by atoms with E-state index in [0.29, 0.717) is 11.4 Å². The highest BCUT2D eigenvalue weighted by Crippen LogP contribution is 2.24. The summed E-state index contributed by atoms with van der Waals surface area (Å²) in [7, 11) is 1.53. The minimum absolute atomic E-state index is 0.0302. The molecule has 0 aliphatic heterocycles. The number of nitrogens with zero attached hydrogens (tertiary/aromatic N) is 2. The van der Waals surface area contributed by atoms with Gasteiger partial charge >= 0.3 is 5.97 Å². The minimum Gasteiger partial charge on any atom is -0.495 e. The molecule has 17 heavy (non-hydrogen) atoms. The van der Waals surface area contributed by atoms with Gasteiger partial charge in [0.15, 0.2) is 0 Å². The zero-order chi connectivity index (χ0) is 12.4. The molecule has 0 saturated heterocycles. The Balaban J connectivity index is 2.49. The number of carbonyl (C=O) groups is 1. The largest absolute Gasteiger partial charge is 0.495 e. The average Bonchev–Trinajstić information content (AvgIpc) is 2.71. The van der Waals surface area contributed by atoms with Gasteiger partial charge in [-0.05, 0) is 19.1 Å². The average molecular weight is 234 g/mol. The molecule has 0 fully saturated rings. The quantitative estimate of drug-likeness (QED) is 0.870. The van der Waals surface area contributed by atoms with Gasteiger partial charge in [0, 0.05) is 0 Å². The first-order valence-electron chi connectivity index (χ1n) is 4.83. The summed E-state index contributed by atoms with van der Waals surface area (Å²) in [4.78, 5) is 15.1. The van der Waals surface area contributed by atoms with E-state index < -0.39 is 5.97 Å². The Bertz CT molecular complexity index is 545. The Labute approximate surface area is 96.8 Å². The van der Waals surface area contributed by atoms with Crippen LogP contribution in [0.2, 0.25) is 0 Å². The molecule has 6 nitrogen and oxygen atoms in total. The molecule has 0 atom stereocenters. The van der Waals surface area contributed by atoms with Gasteiger partial charge in [0.2, 0.25) is 0 Å². The van der Waals surface area contributed by atoms with E-state index >= 15 is 0 Å². The first kappa shape index (κ1) is 11.1. The van der Waals surface area contributed by atoms with Crippen molar-refractivity contribution in [2.24, 2.45) is 0 Å². The number of hydrogen-bond acceptors (Lipinski definition) is 5. The van der Waals surface area contributed by atoms with Gasteiger partial charge in [-0.2, -0.15) is 0 Å². The SMILES string of the molecule is COc1ccc(-c2noc(C)c2C(=O)O)nc1. The topological polar surface area (TPSA) is 85.5 Å². The first-order chi connectivity index (χ1) is 8.13. The predicted molar refractivity (Wildman–Crippen MR) is 58.0 cm³/mol. The van der Waals surface area contributed by atoms with Gasteiger partial charge in [0.1, 0.15) is 22.8 Å². The number of carboxylic acid groups (broad SMARTS) is 1. The number of aromatic carboxylic acids is 1. The zero-order valence-corrected chi connectivity index (χ0v) is 9.30. The first-order valence-corrected chi connectivity index (χ1v) is 4.83. The van der Waals surface area contributed by atoms with Crippen molar-refractivity contribution in [3.05, 3.63) is 29.7 Å². The standard InChI is InChI=1S/C11H10N2O4/c1-6-9(11(14)15)10(13-17-6)8-4-3-7(16-2)5-12-8/h3-5H,1-2H3,(H,14,15). The number of carboxylic acids is 1. The van der Waals surface area contributed by atoms with Crippen molar-refractivity contribution in [2.75, 3.05) is 7.11 Å². The van der Waals surface area contributed by atoms with Crippen LogP contribution in [0.15, 0.2) is 22.9 Å². The lowest BCUT2D eigenvalue weighted by Gasteiger charge is -2.00. The molecule has 2 aromatic rings. The molecule has 0 aliphatic rings. The van der Waals surface area contributed by atoms with Crippen LogP contribution in [0.5, 0.6) is 5.75 Å². The molecular formula is C11H10N2O4. The van der Waals surface area contributed by atoms with Crippen molar-refractivity contribution in [2.45, 2.75) is 6.92 Å². The van der Waals surface area contributed by atoms with Crippen LogP contribution in [0.25, 0.3) is 11.4 Å². The van der Waals surface area contributed by atoms with E-state index in [1.807, 2.05) is 0 Å². The summed E-state index contributed by atoms with van der Waals surface area (Å²) < 4.78 is 9.83. The fraction of sp³-hybridized carbons (Fsp3) is 0.182. The minimum atomic E-state index is -1.09. The Morgan fingerprint density at radius 1 is 1.47 bits per heavy atom. The van der Waals surface area contributed by atoms with Crippen LogP contribution in [0, 0.1) is 6.92 Å². The lowest BCUT2D eigenvalue weighted by Crippen LogP contribution is -2.00. The molecule has 0 saturated carbocycles. The van der Waals surface area contributed by atoms with Crippen molar-refractivity contribution in [3.63, 3.8) is 0 Å². The van der Waals surface area contributed by atoms with Crippen LogP contribution >= 0.6 is 0 Å². The van der Waals surface area contributed by atoms with Gasteiger partial charge in [0.05, 0.1) is 19.0 Å². The number of ether oxygens (including phenoxy) is 1. The summed E-state index contributed by atoms with van der Waals surface area (Å²) in [6, 6.07) is 3.31. The number of aryl methyl sites for hydroxylation is 1. The normalized spacial score (nSPS) is 10.2. The summed E-state index contributed by atoms with van der Waals surface area (Å²) in [5, 5.41) is 12.7. The van der Waals surface area contributed by atoms with Gasteiger partial charge in [-0.1, -0.05) is 5.16 Å². The molecular weight excluding hydrogens is 224 g/mol. The summed E-state index contributed by atoms with van der Waals surface area (Å²) >= 11 is 0. The van der Waals surface area contributed by atoms with E-state index in [1.54, 1.807) is 19.1 Å². The molecule has 0 aromatic carbocycles. The molecule has 0 radical (unpaired) electrons. The highest BCUT2D eigenvalue weighted by molar-refractivity contribution is 5.95. The second-order valence-electron chi connectivity index (χ2n) is 3.35. The summed E-state index contributed by atoms with van der Waals surface area (Å²) in [6.45, 7) is 1.55. The predicted octanol–water partition coefficient (Wildman–Crippen LogP) is 1.75. The maximum atomic E-state index is 11.0. The third-order valence-electron chi connectivity index (χ3n) is 2.29. The fourth-order valence-corrected chi connectivity index (χ4v) is 1.44. The highest BCUT2D eigenvalue weighted by atomic mass is 16.5. The van der Waals surface area contributed by atoms with E-state index in [9.17, 15) is 4.79 Å². The lowest BCUT2D eigenvalue weighted by molar-refractivity contribution is 0.0695. The number of methoxy groups -OCH3 is 1. The van der Waals surface area contributed by atoms with Crippen molar-refractivity contribution in [1.29, 1.82) is 0 Å². The van der Waals surface area contributed by atoms with E-state index in [2.05, 4.69) is 10.1 Å². The van der Waals surface area contributed by atoms with Crippen LogP contribution < -0.4 is 4.74 Å². The number of pyridine rings is 1. The number of aromatic nitrogens is 2. The van der Waals surface area contributed by atoms with Gasteiger partial charge < -0.3 is 14.4 Å². The second-order valence-corrected chi connectivity index (χ2v) is 3.35. The summed E-state index contributed by atoms with van der Waals surface area (Å²) in [6.07, 6.45) is 1.49. The second kappa shape index (κ2) is 4.25. The lowest BCUT2D eigenvalue weighted by atomic mass is 10.1. The fourth-order valence-electron chi connectivity index (χ4n) is 1.44. The van der Waals surface area contributed by atoms with Crippen LogP contribution in [0.1, 0.15) is 16.1 Å². The van der Waals surface area contributed by atoms with Crippen molar-refractivity contribution < 1.29 is 19.2 Å². The summed E-state index contributed by atoms with van der Waals surface area (Å²) in [5.41, 5.74) is 0.681. The third-order valence-corrected chi connectivity index (χ3v) is 2.29. The van der Waals surface area contributed by atoms with Gasteiger partial charge in [0.25, 0.3) is 0 Å². The Morgan fingerprint density at radius 2 is 2.24 bits per heavy atom. The highest BCUT2D eigenvalue weighted by Gasteiger charge is 2.21. The van der Waals surface area contributed by atoms with E-state index in [1.165, 1.54) is 13.3 Å². The number of rotatable bonds is 3. The maximum Gasteiger partial charge on any atom is 0.341 e. The van der Waals surface area contributed by atoms with Crippen LogP contribution in [-0.4, -0.2) is 28.3 Å². The molecule has 2 rings (SSSR count). The molecule has 2 heterocycles.